The van der Waals surface area contributed by atoms with Gasteiger partial charge < -0.3 is 10.5 Å². The number of halogens is 2. The number of nitrogens with two attached hydrogens (primary N) is 1. The fraction of sp³-hybridized carbons (Fsp3) is 0.455. The van der Waals surface area contributed by atoms with Crippen molar-refractivity contribution >= 4 is 11.6 Å². The molecular formula is C11H15ClFNO. The molecule has 0 aliphatic heterocycles. The molecule has 0 bridgehead atoms. The van der Waals surface area contributed by atoms with E-state index in [1.54, 1.807) is 0 Å². The molecule has 15 heavy (non-hydrogen) atoms. The van der Waals surface area contributed by atoms with Crippen LogP contribution in [0.25, 0.3) is 0 Å². The van der Waals surface area contributed by atoms with Crippen molar-refractivity contribution in [3.05, 3.63) is 28.5 Å². The van der Waals surface area contributed by atoms with Gasteiger partial charge in [-0.2, -0.15) is 0 Å². The highest BCUT2D eigenvalue weighted by Crippen LogP contribution is 2.30. The summed E-state index contributed by atoms with van der Waals surface area (Å²) in [6.07, 6.45) is 0.548. The first-order valence-electron chi connectivity index (χ1n) is 4.91. The average Bonchev–Trinajstić information content (AvgIpc) is 2.10. The molecule has 0 aromatic heterocycles. The van der Waals surface area contributed by atoms with Crippen molar-refractivity contribution in [1.29, 1.82) is 0 Å². The largest absolute Gasteiger partial charge is 0.492 e. The molecule has 1 unspecified atom stereocenters. The smallest absolute Gasteiger partial charge is 0.141 e. The Morgan fingerprint density at radius 1 is 1.53 bits per heavy atom. The molecule has 2 N–H and O–H groups in total. The van der Waals surface area contributed by atoms with Crippen LogP contribution in [-0.2, 0) is 6.42 Å². The van der Waals surface area contributed by atoms with Crippen LogP contribution in [0.5, 0.6) is 5.75 Å². The maximum Gasteiger partial charge on any atom is 0.141 e. The zero-order chi connectivity index (χ0) is 11.4. The van der Waals surface area contributed by atoms with E-state index in [0.717, 1.165) is 5.56 Å². The molecule has 2 nitrogen and oxygen atoms in total. The van der Waals surface area contributed by atoms with Crippen molar-refractivity contribution in [2.24, 2.45) is 5.73 Å². The molecule has 1 aromatic carbocycles. The van der Waals surface area contributed by atoms with Crippen molar-refractivity contribution in [2.45, 2.75) is 26.3 Å². The van der Waals surface area contributed by atoms with Gasteiger partial charge in [0, 0.05) is 11.6 Å². The van der Waals surface area contributed by atoms with E-state index in [-0.39, 0.29) is 11.9 Å². The van der Waals surface area contributed by atoms with Crippen molar-refractivity contribution in [3.8, 4) is 5.75 Å². The van der Waals surface area contributed by atoms with Gasteiger partial charge in [0.05, 0.1) is 11.6 Å². The van der Waals surface area contributed by atoms with Crippen LogP contribution in [0.3, 0.4) is 0 Å². The summed E-state index contributed by atoms with van der Waals surface area (Å²) >= 11 is 5.89. The van der Waals surface area contributed by atoms with Crippen LogP contribution in [0, 0.1) is 5.82 Å². The second-order valence-electron chi connectivity index (χ2n) is 3.49. The van der Waals surface area contributed by atoms with Crippen LogP contribution in [0.15, 0.2) is 12.1 Å². The predicted molar refractivity (Wildman–Crippen MR) is 59.9 cm³/mol. The Balaban J connectivity index is 3.08. The number of rotatable bonds is 4. The minimum atomic E-state index is -0.362. The lowest BCUT2D eigenvalue weighted by atomic mass is 10.1. The molecule has 0 heterocycles. The van der Waals surface area contributed by atoms with Gasteiger partial charge in [0.25, 0.3) is 0 Å². The monoisotopic (exact) mass is 231 g/mol. The number of benzene rings is 1. The molecule has 4 heteroatoms. The van der Waals surface area contributed by atoms with Crippen LogP contribution in [0.4, 0.5) is 4.39 Å². The van der Waals surface area contributed by atoms with Gasteiger partial charge in [0.1, 0.15) is 11.6 Å². The zero-order valence-electron chi connectivity index (χ0n) is 8.89. The van der Waals surface area contributed by atoms with E-state index in [1.165, 1.54) is 12.1 Å². The lowest BCUT2D eigenvalue weighted by Gasteiger charge is -2.13. The summed E-state index contributed by atoms with van der Waals surface area (Å²) in [5, 5.41) is 0.299. The van der Waals surface area contributed by atoms with Gasteiger partial charge in [-0.15, -0.1) is 0 Å². The van der Waals surface area contributed by atoms with E-state index in [0.29, 0.717) is 23.8 Å². The van der Waals surface area contributed by atoms with Crippen molar-refractivity contribution in [2.75, 3.05) is 6.61 Å². The third-order valence-corrected chi connectivity index (χ3v) is 2.20. The summed E-state index contributed by atoms with van der Waals surface area (Å²) in [5.74, 6) is 0.178. The standard InChI is InChI=1S/C11H15ClFNO/c1-3-15-11-8(4-7(2)14)5-9(13)6-10(11)12/h5-7H,3-4,14H2,1-2H3. The van der Waals surface area contributed by atoms with E-state index in [9.17, 15) is 4.39 Å². The van der Waals surface area contributed by atoms with E-state index in [1.807, 2.05) is 13.8 Å². The van der Waals surface area contributed by atoms with Crippen LogP contribution in [0.1, 0.15) is 19.4 Å². The zero-order valence-corrected chi connectivity index (χ0v) is 9.64. The Morgan fingerprint density at radius 3 is 2.73 bits per heavy atom. The number of ether oxygens (including phenoxy) is 1. The van der Waals surface area contributed by atoms with Crippen molar-refractivity contribution in [1.82, 2.24) is 0 Å². The third-order valence-electron chi connectivity index (χ3n) is 1.92. The first kappa shape index (κ1) is 12.3. The maximum absolute atomic E-state index is 13.1. The van der Waals surface area contributed by atoms with Gasteiger partial charge in [0.2, 0.25) is 0 Å². The number of hydrogen-bond donors (Lipinski definition) is 1. The third kappa shape index (κ3) is 3.36. The van der Waals surface area contributed by atoms with Crippen molar-refractivity contribution in [3.63, 3.8) is 0 Å². The minimum Gasteiger partial charge on any atom is -0.492 e. The highest BCUT2D eigenvalue weighted by atomic mass is 35.5. The van der Waals surface area contributed by atoms with Gasteiger partial charge in [-0.05, 0) is 32.4 Å². The predicted octanol–water partition coefficient (Wildman–Crippen LogP) is 2.77. The van der Waals surface area contributed by atoms with Crippen LogP contribution in [-0.4, -0.2) is 12.6 Å². The number of hydrogen-bond acceptors (Lipinski definition) is 2. The molecule has 0 aliphatic rings. The first-order valence-corrected chi connectivity index (χ1v) is 5.28. The molecule has 0 saturated heterocycles. The van der Waals surface area contributed by atoms with Gasteiger partial charge in [-0.25, -0.2) is 4.39 Å². The SMILES string of the molecule is CCOc1c(Cl)cc(F)cc1CC(C)N. The van der Waals surface area contributed by atoms with Gasteiger partial charge in [0.15, 0.2) is 0 Å². The minimum absolute atomic E-state index is 0.0536. The summed E-state index contributed by atoms with van der Waals surface area (Å²) in [4.78, 5) is 0. The summed E-state index contributed by atoms with van der Waals surface area (Å²) in [6, 6.07) is 2.61. The summed E-state index contributed by atoms with van der Waals surface area (Å²) in [7, 11) is 0. The Labute approximate surface area is 94.2 Å². The van der Waals surface area contributed by atoms with Crippen LogP contribution >= 0.6 is 11.6 Å². The fourth-order valence-electron chi connectivity index (χ4n) is 1.42. The fourth-order valence-corrected chi connectivity index (χ4v) is 1.70. The van der Waals surface area contributed by atoms with Crippen LogP contribution in [0.2, 0.25) is 5.02 Å². The second-order valence-corrected chi connectivity index (χ2v) is 3.90. The van der Waals surface area contributed by atoms with Gasteiger partial charge >= 0.3 is 0 Å². The van der Waals surface area contributed by atoms with E-state index in [4.69, 9.17) is 22.1 Å². The Morgan fingerprint density at radius 2 is 2.20 bits per heavy atom. The van der Waals surface area contributed by atoms with Gasteiger partial charge in [-0.1, -0.05) is 11.6 Å². The quantitative estimate of drug-likeness (QED) is 0.865. The average molecular weight is 232 g/mol. The molecular weight excluding hydrogens is 217 g/mol. The molecule has 1 rings (SSSR count). The molecule has 1 atom stereocenters. The Bertz CT molecular complexity index is 342. The van der Waals surface area contributed by atoms with Crippen molar-refractivity contribution < 1.29 is 9.13 Å². The molecule has 0 amide bonds. The molecule has 0 spiro atoms. The lowest BCUT2D eigenvalue weighted by molar-refractivity contribution is 0.335. The van der Waals surface area contributed by atoms with Gasteiger partial charge in [-0.3, -0.25) is 0 Å². The lowest BCUT2D eigenvalue weighted by Crippen LogP contribution is -2.18. The summed E-state index contributed by atoms with van der Waals surface area (Å²) in [5.41, 5.74) is 6.39. The topological polar surface area (TPSA) is 35.2 Å². The van der Waals surface area contributed by atoms with Crippen LogP contribution < -0.4 is 10.5 Å². The highest BCUT2D eigenvalue weighted by molar-refractivity contribution is 6.32. The normalized spacial score (nSPS) is 12.6. The summed E-state index contributed by atoms with van der Waals surface area (Å²) in [6.45, 7) is 4.21. The molecule has 1 aromatic rings. The van der Waals surface area contributed by atoms with E-state index in [2.05, 4.69) is 0 Å². The maximum atomic E-state index is 13.1. The molecule has 0 saturated carbocycles. The van der Waals surface area contributed by atoms with E-state index < -0.39 is 0 Å². The molecule has 0 radical (unpaired) electrons. The highest BCUT2D eigenvalue weighted by Gasteiger charge is 2.12. The molecule has 0 aliphatic carbocycles. The Hall–Kier alpha value is -0.800. The Kier molecular flexibility index (Phi) is 4.36. The van der Waals surface area contributed by atoms with E-state index >= 15 is 0 Å². The molecule has 84 valence electrons. The second kappa shape index (κ2) is 5.33. The molecule has 0 fully saturated rings. The first-order chi connectivity index (χ1) is 7.04. The summed E-state index contributed by atoms with van der Waals surface area (Å²) < 4.78 is 18.5.